The van der Waals surface area contributed by atoms with Crippen molar-refractivity contribution in [3.05, 3.63) is 77.9 Å². The van der Waals surface area contributed by atoms with E-state index in [0.29, 0.717) is 12.2 Å². The summed E-state index contributed by atoms with van der Waals surface area (Å²) in [6.07, 6.45) is 0. The molecule has 2 rings (SSSR count). The van der Waals surface area contributed by atoms with E-state index in [0.717, 1.165) is 11.3 Å². The van der Waals surface area contributed by atoms with E-state index in [4.69, 9.17) is 4.74 Å². The fourth-order valence-electron chi connectivity index (χ4n) is 2.17. The molecule has 0 heterocycles. The fourth-order valence-corrected chi connectivity index (χ4v) is 2.17. The fraction of sp³-hybridized carbons (Fsp3) is 0.211. The lowest BCUT2D eigenvalue weighted by atomic mass is 9.98. The molecule has 3 nitrogen and oxygen atoms in total. The molecular formula is C19H21NO2. The first-order valence-corrected chi connectivity index (χ1v) is 7.36. The lowest BCUT2D eigenvalue weighted by molar-refractivity contribution is -0.138. The molecular weight excluding hydrogens is 274 g/mol. The number of nitrogens with one attached hydrogen (secondary N) is 1. The van der Waals surface area contributed by atoms with E-state index < -0.39 is 0 Å². The van der Waals surface area contributed by atoms with E-state index >= 15 is 0 Å². The highest BCUT2D eigenvalue weighted by atomic mass is 16.5. The SMILES string of the molecule is C=C(C(=O)OCC)[C@@H](Nc1ccccc1)c1ccc(C)cc1. The van der Waals surface area contributed by atoms with Crippen LogP contribution in [0.4, 0.5) is 5.69 Å². The number of aryl methyl sites for hydroxylation is 1. The van der Waals surface area contributed by atoms with Gasteiger partial charge in [0, 0.05) is 5.69 Å². The van der Waals surface area contributed by atoms with E-state index in [2.05, 4.69) is 11.9 Å². The number of ether oxygens (including phenoxy) is 1. The van der Waals surface area contributed by atoms with Crippen LogP contribution in [0.25, 0.3) is 0 Å². The van der Waals surface area contributed by atoms with E-state index in [9.17, 15) is 4.79 Å². The van der Waals surface area contributed by atoms with Crippen molar-refractivity contribution in [3.63, 3.8) is 0 Å². The Kier molecular flexibility index (Phi) is 5.37. The largest absolute Gasteiger partial charge is 0.463 e. The number of esters is 1. The van der Waals surface area contributed by atoms with Crippen LogP contribution < -0.4 is 5.32 Å². The molecule has 0 radical (unpaired) electrons. The van der Waals surface area contributed by atoms with Gasteiger partial charge in [0.05, 0.1) is 18.2 Å². The Morgan fingerprint density at radius 2 is 1.77 bits per heavy atom. The summed E-state index contributed by atoms with van der Waals surface area (Å²) in [7, 11) is 0. The second-order valence-corrected chi connectivity index (χ2v) is 5.10. The normalized spacial score (nSPS) is 11.5. The molecule has 2 aromatic rings. The van der Waals surface area contributed by atoms with Gasteiger partial charge in [0.2, 0.25) is 0 Å². The standard InChI is InChI=1S/C19H21NO2/c1-4-22-19(21)15(3)18(16-12-10-14(2)11-13-16)20-17-8-6-5-7-9-17/h5-13,18,20H,3-4H2,1-2H3/t18-/m1/s1. The smallest absolute Gasteiger partial charge is 0.335 e. The van der Waals surface area contributed by atoms with Crippen molar-refractivity contribution in [3.8, 4) is 0 Å². The second kappa shape index (κ2) is 7.46. The van der Waals surface area contributed by atoms with Crippen LogP contribution in [0.2, 0.25) is 0 Å². The van der Waals surface area contributed by atoms with Crippen LogP contribution in [0.15, 0.2) is 66.7 Å². The molecule has 3 heteroatoms. The molecule has 0 aliphatic heterocycles. The highest BCUT2D eigenvalue weighted by Gasteiger charge is 2.21. The molecule has 0 spiro atoms. The molecule has 114 valence electrons. The van der Waals surface area contributed by atoms with Gasteiger partial charge < -0.3 is 10.1 Å². The maximum Gasteiger partial charge on any atom is 0.335 e. The molecule has 2 aromatic carbocycles. The number of rotatable bonds is 6. The average Bonchev–Trinajstić information content (AvgIpc) is 2.54. The van der Waals surface area contributed by atoms with Crippen LogP contribution in [0.5, 0.6) is 0 Å². The zero-order valence-corrected chi connectivity index (χ0v) is 13.0. The molecule has 0 saturated heterocycles. The molecule has 1 atom stereocenters. The minimum atomic E-state index is -0.378. The first kappa shape index (κ1) is 15.8. The predicted octanol–water partition coefficient (Wildman–Crippen LogP) is 4.27. The Morgan fingerprint density at radius 1 is 1.14 bits per heavy atom. The van der Waals surface area contributed by atoms with Crippen LogP contribution in [-0.4, -0.2) is 12.6 Å². The number of carbonyl (C=O) groups excluding carboxylic acids is 1. The lowest BCUT2D eigenvalue weighted by Gasteiger charge is -2.22. The molecule has 1 N–H and O–H groups in total. The van der Waals surface area contributed by atoms with E-state index in [1.165, 1.54) is 5.56 Å². The van der Waals surface area contributed by atoms with Gasteiger partial charge in [-0.05, 0) is 31.5 Å². The third-order valence-corrected chi connectivity index (χ3v) is 3.38. The zero-order valence-electron chi connectivity index (χ0n) is 13.0. The van der Waals surface area contributed by atoms with Crippen molar-refractivity contribution < 1.29 is 9.53 Å². The van der Waals surface area contributed by atoms with Gasteiger partial charge in [-0.3, -0.25) is 0 Å². The predicted molar refractivity (Wildman–Crippen MR) is 89.8 cm³/mol. The summed E-state index contributed by atoms with van der Waals surface area (Å²) in [6.45, 7) is 8.09. The van der Waals surface area contributed by atoms with Gasteiger partial charge in [0.1, 0.15) is 0 Å². The summed E-state index contributed by atoms with van der Waals surface area (Å²) in [5.74, 6) is -0.378. The van der Waals surface area contributed by atoms with E-state index in [1.54, 1.807) is 6.92 Å². The summed E-state index contributed by atoms with van der Waals surface area (Å²) >= 11 is 0. The first-order chi connectivity index (χ1) is 10.6. The summed E-state index contributed by atoms with van der Waals surface area (Å²) in [5, 5.41) is 3.35. The molecule has 0 fully saturated rings. The van der Waals surface area contributed by atoms with Gasteiger partial charge >= 0.3 is 5.97 Å². The van der Waals surface area contributed by atoms with Crippen molar-refractivity contribution >= 4 is 11.7 Å². The van der Waals surface area contributed by atoms with Crippen molar-refractivity contribution in [2.75, 3.05) is 11.9 Å². The molecule has 0 saturated carbocycles. The number of carbonyl (C=O) groups is 1. The molecule has 0 unspecified atom stereocenters. The average molecular weight is 295 g/mol. The number of hydrogen-bond acceptors (Lipinski definition) is 3. The van der Waals surface area contributed by atoms with Crippen LogP contribution in [-0.2, 0) is 9.53 Å². The zero-order chi connectivity index (χ0) is 15.9. The van der Waals surface area contributed by atoms with E-state index in [-0.39, 0.29) is 12.0 Å². The number of para-hydroxylation sites is 1. The van der Waals surface area contributed by atoms with Crippen molar-refractivity contribution in [1.29, 1.82) is 0 Å². The van der Waals surface area contributed by atoms with Gasteiger partial charge in [-0.15, -0.1) is 0 Å². The van der Waals surface area contributed by atoms with Crippen molar-refractivity contribution in [2.45, 2.75) is 19.9 Å². The van der Waals surface area contributed by atoms with Gasteiger partial charge in [0.25, 0.3) is 0 Å². The van der Waals surface area contributed by atoms with Gasteiger partial charge in [0.15, 0.2) is 0 Å². The minimum absolute atomic E-state index is 0.318. The molecule has 0 aliphatic rings. The van der Waals surface area contributed by atoms with Gasteiger partial charge in [-0.1, -0.05) is 54.6 Å². The maximum atomic E-state index is 12.1. The number of benzene rings is 2. The van der Waals surface area contributed by atoms with Gasteiger partial charge in [-0.25, -0.2) is 4.79 Å². The molecule has 0 aromatic heterocycles. The topological polar surface area (TPSA) is 38.3 Å². The highest BCUT2D eigenvalue weighted by molar-refractivity contribution is 5.90. The summed E-state index contributed by atoms with van der Waals surface area (Å²) in [6, 6.07) is 17.5. The maximum absolute atomic E-state index is 12.1. The molecule has 22 heavy (non-hydrogen) atoms. The Hall–Kier alpha value is -2.55. The third kappa shape index (κ3) is 3.98. The van der Waals surface area contributed by atoms with Crippen LogP contribution in [0.3, 0.4) is 0 Å². The Balaban J connectivity index is 2.29. The van der Waals surface area contributed by atoms with Crippen LogP contribution in [0.1, 0.15) is 24.1 Å². The molecule has 0 amide bonds. The quantitative estimate of drug-likeness (QED) is 0.639. The highest BCUT2D eigenvalue weighted by Crippen LogP contribution is 2.26. The third-order valence-electron chi connectivity index (χ3n) is 3.38. The van der Waals surface area contributed by atoms with Crippen molar-refractivity contribution in [1.82, 2.24) is 0 Å². The van der Waals surface area contributed by atoms with E-state index in [1.807, 2.05) is 61.5 Å². The minimum Gasteiger partial charge on any atom is -0.463 e. The Bertz CT molecular complexity index is 632. The Labute approximate surface area is 131 Å². The summed E-state index contributed by atoms with van der Waals surface area (Å²) in [5.41, 5.74) is 3.48. The number of hydrogen-bond donors (Lipinski definition) is 1. The van der Waals surface area contributed by atoms with Crippen molar-refractivity contribution in [2.24, 2.45) is 0 Å². The summed E-state index contributed by atoms with van der Waals surface area (Å²) in [4.78, 5) is 12.1. The second-order valence-electron chi connectivity index (χ2n) is 5.10. The summed E-state index contributed by atoms with van der Waals surface area (Å²) < 4.78 is 5.09. The van der Waals surface area contributed by atoms with Crippen LogP contribution in [0, 0.1) is 6.92 Å². The first-order valence-electron chi connectivity index (χ1n) is 7.36. The lowest BCUT2D eigenvalue weighted by Crippen LogP contribution is -2.20. The monoisotopic (exact) mass is 295 g/mol. The van der Waals surface area contributed by atoms with Gasteiger partial charge in [-0.2, -0.15) is 0 Å². The molecule has 0 aliphatic carbocycles. The Morgan fingerprint density at radius 3 is 2.36 bits per heavy atom. The van der Waals surface area contributed by atoms with Crippen LogP contribution >= 0.6 is 0 Å². The molecule has 0 bridgehead atoms. The number of anilines is 1.